The van der Waals surface area contributed by atoms with Crippen molar-refractivity contribution in [3.05, 3.63) is 72.3 Å². The van der Waals surface area contributed by atoms with Crippen LogP contribution in [-0.2, 0) is 12.0 Å². The van der Waals surface area contributed by atoms with E-state index in [4.69, 9.17) is 0 Å². The molecule has 0 saturated heterocycles. The van der Waals surface area contributed by atoms with Gasteiger partial charge in [0.2, 0.25) is 0 Å². The molecule has 0 bridgehead atoms. The molecule has 0 aliphatic carbocycles. The molecule has 1 N–H and O–H groups in total. The lowest BCUT2D eigenvalue weighted by Crippen LogP contribution is -2.17. The molecule has 3 heterocycles. The molecule has 3 aromatic heterocycles. The molecular formula is C21H22N6. The van der Waals surface area contributed by atoms with Gasteiger partial charge in [0.05, 0.1) is 0 Å². The maximum atomic E-state index is 4.65. The van der Waals surface area contributed by atoms with Gasteiger partial charge in [-0.15, -0.1) is 15.3 Å². The van der Waals surface area contributed by atoms with Gasteiger partial charge in [0.1, 0.15) is 5.82 Å². The molecule has 0 aliphatic heterocycles. The summed E-state index contributed by atoms with van der Waals surface area (Å²) in [6, 6.07) is 16.3. The van der Waals surface area contributed by atoms with Gasteiger partial charge >= 0.3 is 0 Å². The van der Waals surface area contributed by atoms with Crippen molar-refractivity contribution in [3.63, 3.8) is 0 Å². The van der Waals surface area contributed by atoms with Gasteiger partial charge in [-0.2, -0.15) is 4.52 Å². The molecule has 0 aliphatic rings. The minimum absolute atomic E-state index is 0.118. The lowest BCUT2D eigenvalue weighted by molar-refractivity contribution is 0.527. The number of rotatable bonds is 4. The standard InChI is InChI=1S/C21H22N6/c1-21(2,3)20-25-24-19-11-10-18(26-27(19)20)23-13-15-6-8-16(9-7-15)17-5-4-12-22-14-17/h4-12,14H,13H2,1-3H3,(H,23,26). The molecule has 0 saturated carbocycles. The molecule has 0 atom stereocenters. The fourth-order valence-corrected chi connectivity index (χ4v) is 2.89. The Hall–Kier alpha value is -3.28. The van der Waals surface area contributed by atoms with Gasteiger partial charge in [-0.05, 0) is 34.9 Å². The van der Waals surface area contributed by atoms with Crippen LogP contribution in [0.15, 0.2) is 60.9 Å². The molecule has 0 amide bonds. The van der Waals surface area contributed by atoms with E-state index in [1.165, 1.54) is 5.56 Å². The van der Waals surface area contributed by atoms with Crippen LogP contribution in [-0.4, -0.2) is 24.8 Å². The van der Waals surface area contributed by atoms with Crippen LogP contribution in [0, 0.1) is 0 Å². The highest BCUT2D eigenvalue weighted by Crippen LogP contribution is 2.21. The minimum Gasteiger partial charge on any atom is -0.365 e. The lowest BCUT2D eigenvalue weighted by Gasteiger charge is -2.15. The van der Waals surface area contributed by atoms with Crippen LogP contribution in [0.5, 0.6) is 0 Å². The van der Waals surface area contributed by atoms with Crippen molar-refractivity contribution < 1.29 is 0 Å². The van der Waals surface area contributed by atoms with Crippen LogP contribution >= 0.6 is 0 Å². The van der Waals surface area contributed by atoms with Gasteiger partial charge in [-0.25, -0.2) is 0 Å². The number of aromatic nitrogens is 5. The minimum atomic E-state index is -0.118. The summed E-state index contributed by atoms with van der Waals surface area (Å²) in [4.78, 5) is 4.17. The highest BCUT2D eigenvalue weighted by Gasteiger charge is 2.21. The fourth-order valence-electron chi connectivity index (χ4n) is 2.89. The number of benzene rings is 1. The maximum absolute atomic E-state index is 4.65. The maximum Gasteiger partial charge on any atom is 0.178 e. The SMILES string of the molecule is CC(C)(C)c1nnc2ccc(NCc3ccc(-c4cccnc4)cc3)nn12. The quantitative estimate of drug-likeness (QED) is 0.595. The van der Waals surface area contributed by atoms with Crippen molar-refractivity contribution in [2.24, 2.45) is 0 Å². The molecular weight excluding hydrogens is 336 g/mol. The van der Waals surface area contributed by atoms with Crippen molar-refractivity contribution in [1.82, 2.24) is 24.8 Å². The van der Waals surface area contributed by atoms with Crippen LogP contribution in [0.3, 0.4) is 0 Å². The van der Waals surface area contributed by atoms with Gasteiger partial charge < -0.3 is 5.32 Å². The second-order valence-electron chi connectivity index (χ2n) is 7.55. The highest BCUT2D eigenvalue weighted by molar-refractivity contribution is 5.62. The number of nitrogens with one attached hydrogen (secondary N) is 1. The Morgan fingerprint density at radius 1 is 0.926 bits per heavy atom. The first-order valence-electron chi connectivity index (χ1n) is 8.97. The van der Waals surface area contributed by atoms with Crippen LogP contribution in [0.2, 0.25) is 0 Å². The Labute approximate surface area is 158 Å². The molecule has 4 aromatic rings. The number of hydrogen-bond donors (Lipinski definition) is 1. The first-order chi connectivity index (χ1) is 13.0. The zero-order valence-electron chi connectivity index (χ0n) is 15.7. The number of pyridine rings is 1. The molecule has 1 aromatic carbocycles. The number of anilines is 1. The topological polar surface area (TPSA) is 68.0 Å². The van der Waals surface area contributed by atoms with Crippen molar-refractivity contribution in [2.75, 3.05) is 5.32 Å². The van der Waals surface area contributed by atoms with Crippen LogP contribution in [0.1, 0.15) is 32.2 Å². The number of fused-ring (bicyclic) bond motifs is 1. The van der Waals surface area contributed by atoms with E-state index in [0.717, 1.165) is 28.4 Å². The average molecular weight is 358 g/mol. The van der Waals surface area contributed by atoms with Crippen molar-refractivity contribution in [3.8, 4) is 11.1 Å². The van der Waals surface area contributed by atoms with E-state index in [9.17, 15) is 0 Å². The first-order valence-corrected chi connectivity index (χ1v) is 8.97. The van der Waals surface area contributed by atoms with Crippen LogP contribution in [0.25, 0.3) is 16.8 Å². The Morgan fingerprint density at radius 3 is 2.44 bits per heavy atom. The van der Waals surface area contributed by atoms with E-state index < -0.39 is 0 Å². The third-order valence-corrected chi connectivity index (χ3v) is 4.36. The van der Waals surface area contributed by atoms with E-state index in [1.807, 2.05) is 28.9 Å². The smallest absolute Gasteiger partial charge is 0.178 e. The zero-order chi connectivity index (χ0) is 18.9. The molecule has 6 nitrogen and oxygen atoms in total. The second-order valence-corrected chi connectivity index (χ2v) is 7.55. The Balaban J connectivity index is 1.50. The molecule has 0 unspecified atom stereocenters. The third kappa shape index (κ3) is 3.65. The van der Waals surface area contributed by atoms with Gasteiger partial charge in [0.25, 0.3) is 0 Å². The van der Waals surface area contributed by atoms with E-state index in [1.54, 1.807) is 6.20 Å². The highest BCUT2D eigenvalue weighted by atomic mass is 15.4. The summed E-state index contributed by atoms with van der Waals surface area (Å²) < 4.78 is 1.81. The van der Waals surface area contributed by atoms with E-state index >= 15 is 0 Å². The van der Waals surface area contributed by atoms with Gasteiger partial charge in [0.15, 0.2) is 11.5 Å². The monoisotopic (exact) mass is 358 g/mol. The lowest BCUT2D eigenvalue weighted by atomic mass is 9.96. The number of hydrogen-bond acceptors (Lipinski definition) is 5. The van der Waals surface area contributed by atoms with Crippen LogP contribution in [0.4, 0.5) is 5.82 Å². The summed E-state index contributed by atoms with van der Waals surface area (Å²) in [5.41, 5.74) is 4.10. The Morgan fingerprint density at radius 2 is 1.74 bits per heavy atom. The average Bonchev–Trinajstić information content (AvgIpc) is 3.11. The molecule has 0 fully saturated rings. The van der Waals surface area contributed by atoms with Gasteiger partial charge in [-0.1, -0.05) is 51.1 Å². The predicted octanol–water partition coefficient (Wildman–Crippen LogP) is 4.10. The van der Waals surface area contributed by atoms with E-state index in [0.29, 0.717) is 6.54 Å². The normalized spacial score (nSPS) is 11.7. The zero-order valence-corrected chi connectivity index (χ0v) is 15.7. The first kappa shape index (κ1) is 17.1. The van der Waals surface area contributed by atoms with Crippen molar-refractivity contribution >= 4 is 11.5 Å². The summed E-state index contributed by atoms with van der Waals surface area (Å²) in [6.07, 6.45) is 3.66. The third-order valence-electron chi connectivity index (χ3n) is 4.36. The van der Waals surface area contributed by atoms with Gasteiger partial charge in [0, 0.05) is 24.4 Å². The summed E-state index contributed by atoms with van der Waals surface area (Å²) in [6.45, 7) is 7.01. The summed E-state index contributed by atoms with van der Waals surface area (Å²) in [5.74, 6) is 1.64. The summed E-state index contributed by atoms with van der Waals surface area (Å²) >= 11 is 0. The molecule has 27 heavy (non-hydrogen) atoms. The van der Waals surface area contributed by atoms with Crippen molar-refractivity contribution in [1.29, 1.82) is 0 Å². The van der Waals surface area contributed by atoms with Gasteiger partial charge in [-0.3, -0.25) is 4.98 Å². The molecule has 0 spiro atoms. The Bertz CT molecular complexity index is 1050. The predicted molar refractivity (Wildman–Crippen MR) is 106 cm³/mol. The summed E-state index contributed by atoms with van der Waals surface area (Å²) in [7, 11) is 0. The second kappa shape index (κ2) is 6.79. The van der Waals surface area contributed by atoms with E-state index in [2.05, 4.69) is 76.7 Å². The van der Waals surface area contributed by atoms with Crippen molar-refractivity contribution in [2.45, 2.75) is 32.7 Å². The fraction of sp³-hybridized carbons (Fsp3) is 0.238. The molecule has 4 rings (SSSR count). The number of nitrogens with zero attached hydrogens (tertiary/aromatic N) is 5. The largest absolute Gasteiger partial charge is 0.365 e. The molecule has 136 valence electrons. The molecule has 0 radical (unpaired) electrons. The van der Waals surface area contributed by atoms with Crippen LogP contribution < -0.4 is 5.32 Å². The summed E-state index contributed by atoms with van der Waals surface area (Å²) in [5, 5.41) is 16.5. The Kier molecular flexibility index (Phi) is 4.32. The molecule has 6 heteroatoms. The van der Waals surface area contributed by atoms with E-state index in [-0.39, 0.29) is 5.41 Å².